The normalized spacial score (nSPS) is 20.3. The highest BCUT2D eigenvalue weighted by Gasteiger charge is 2.29. The molecule has 0 radical (unpaired) electrons. The zero-order valence-corrected chi connectivity index (χ0v) is 14.4. The molecule has 0 aliphatic carbocycles. The Labute approximate surface area is 141 Å². The number of likely N-dealkylation sites (N-methyl/N-ethyl adjacent to an activating group) is 1. The summed E-state index contributed by atoms with van der Waals surface area (Å²) >= 11 is 6.03. The highest BCUT2D eigenvalue weighted by Crippen LogP contribution is 2.22. The van der Waals surface area contributed by atoms with Crippen molar-refractivity contribution in [3.05, 3.63) is 34.6 Å². The number of hydrogen-bond acceptors (Lipinski definition) is 3. The second-order valence-electron chi connectivity index (χ2n) is 6.26. The van der Waals surface area contributed by atoms with Crippen LogP contribution in [-0.4, -0.2) is 53.6 Å². The summed E-state index contributed by atoms with van der Waals surface area (Å²) in [6.07, 6.45) is 1.97. The number of carbonyl (C=O) groups is 1. The van der Waals surface area contributed by atoms with E-state index < -0.39 is 5.82 Å². The average molecular weight is 343 g/mol. The number of likely N-dealkylation sites (tertiary alicyclic amines) is 1. The van der Waals surface area contributed by atoms with Crippen LogP contribution in [0.2, 0.25) is 5.02 Å². The zero-order valence-electron chi connectivity index (χ0n) is 13.6. The Morgan fingerprint density at radius 1 is 1.57 bits per heavy atom. The first-order valence-electron chi connectivity index (χ1n) is 7.96. The van der Waals surface area contributed by atoms with Gasteiger partial charge in [-0.3, -0.25) is 9.69 Å². The van der Waals surface area contributed by atoms with Crippen molar-refractivity contribution in [2.75, 3.05) is 26.7 Å². The molecule has 2 atom stereocenters. The fraction of sp³-hybridized carbons (Fsp3) is 0.588. The lowest BCUT2D eigenvalue weighted by atomic mass is 9.97. The standard InChI is InChI=1S/C17H24ClFN2O2/c1-12(21-8-4-5-13(9-21)11-22)17(23)20(2)10-14-15(18)6-3-7-16(14)19/h3,6-7,12-13,22H,4-5,8-11H2,1-2H3. The van der Waals surface area contributed by atoms with Crippen molar-refractivity contribution < 1.29 is 14.3 Å². The summed E-state index contributed by atoms with van der Waals surface area (Å²) in [5.74, 6) is -0.239. The number of aliphatic hydroxyl groups is 1. The van der Waals surface area contributed by atoms with Gasteiger partial charge in [0.25, 0.3) is 0 Å². The molecule has 1 aromatic rings. The summed E-state index contributed by atoms with van der Waals surface area (Å²) in [5.41, 5.74) is 0.337. The minimum absolute atomic E-state index is 0.0668. The molecule has 0 saturated carbocycles. The fourth-order valence-electron chi connectivity index (χ4n) is 3.07. The number of nitrogens with zero attached hydrogens (tertiary/aromatic N) is 2. The third-order valence-corrected chi connectivity index (χ3v) is 4.90. The summed E-state index contributed by atoms with van der Waals surface area (Å²) in [6, 6.07) is 4.23. The van der Waals surface area contributed by atoms with E-state index in [0.717, 1.165) is 25.9 Å². The molecule has 0 spiro atoms. The maximum Gasteiger partial charge on any atom is 0.239 e. The van der Waals surface area contributed by atoms with Crippen LogP contribution in [0.5, 0.6) is 0 Å². The number of hydrogen-bond donors (Lipinski definition) is 1. The van der Waals surface area contributed by atoms with Gasteiger partial charge in [-0.05, 0) is 44.4 Å². The predicted octanol–water partition coefficient (Wildman–Crippen LogP) is 2.53. The van der Waals surface area contributed by atoms with E-state index >= 15 is 0 Å². The maximum absolute atomic E-state index is 13.9. The van der Waals surface area contributed by atoms with Crippen molar-refractivity contribution in [2.24, 2.45) is 5.92 Å². The molecule has 128 valence electrons. The minimum atomic E-state index is -0.400. The van der Waals surface area contributed by atoms with Crippen LogP contribution < -0.4 is 0 Å². The SMILES string of the molecule is CC(C(=O)N(C)Cc1c(F)cccc1Cl)N1CCCC(CO)C1. The molecule has 1 saturated heterocycles. The molecular weight excluding hydrogens is 319 g/mol. The van der Waals surface area contributed by atoms with Gasteiger partial charge in [0.15, 0.2) is 0 Å². The van der Waals surface area contributed by atoms with E-state index in [4.69, 9.17) is 11.6 Å². The Kier molecular flexibility index (Phi) is 6.39. The summed E-state index contributed by atoms with van der Waals surface area (Å²) < 4.78 is 13.9. The lowest BCUT2D eigenvalue weighted by Crippen LogP contribution is -2.49. The molecule has 1 aliphatic heterocycles. The second-order valence-corrected chi connectivity index (χ2v) is 6.66. The van der Waals surface area contributed by atoms with E-state index in [9.17, 15) is 14.3 Å². The molecule has 4 nitrogen and oxygen atoms in total. The van der Waals surface area contributed by atoms with Gasteiger partial charge in [-0.25, -0.2) is 4.39 Å². The van der Waals surface area contributed by atoms with Crippen molar-refractivity contribution in [1.29, 1.82) is 0 Å². The van der Waals surface area contributed by atoms with Crippen LogP contribution in [-0.2, 0) is 11.3 Å². The maximum atomic E-state index is 13.9. The van der Waals surface area contributed by atoms with Gasteiger partial charge in [0, 0.05) is 37.3 Å². The number of carbonyl (C=O) groups excluding carboxylic acids is 1. The topological polar surface area (TPSA) is 43.8 Å². The number of aliphatic hydroxyl groups excluding tert-OH is 1. The van der Waals surface area contributed by atoms with Gasteiger partial charge in [0.2, 0.25) is 5.91 Å². The van der Waals surface area contributed by atoms with Gasteiger partial charge in [0.1, 0.15) is 5.82 Å². The Morgan fingerprint density at radius 3 is 2.96 bits per heavy atom. The van der Waals surface area contributed by atoms with E-state index in [1.807, 2.05) is 6.92 Å². The average Bonchev–Trinajstić information content (AvgIpc) is 2.56. The van der Waals surface area contributed by atoms with Crippen molar-refractivity contribution in [1.82, 2.24) is 9.80 Å². The van der Waals surface area contributed by atoms with Crippen LogP contribution in [0.4, 0.5) is 4.39 Å². The molecule has 0 bridgehead atoms. The van der Waals surface area contributed by atoms with Gasteiger partial charge in [-0.1, -0.05) is 17.7 Å². The van der Waals surface area contributed by atoms with E-state index in [1.54, 1.807) is 19.2 Å². The van der Waals surface area contributed by atoms with Gasteiger partial charge in [0.05, 0.1) is 6.04 Å². The number of benzene rings is 1. The minimum Gasteiger partial charge on any atom is -0.396 e. The fourth-order valence-corrected chi connectivity index (χ4v) is 3.29. The molecule has 6 heteroatoms. The number of rotatable bonds is 5. The molecule has 1 N–H and O–H groups in total. The first kappa shape index (κ1) is 18.2. The Hall–Kier alpha value is -1.17. The quantitative estimate of drug-likeness (QED) is 0.894. The molecule has 1 fully saturated rings. The van der Waals surface area contributed by atoms with Crippen LogP contribution >= 0.6 is 11.6 Å². The largest absolute Gasteiger partial charge is 0.396 e. The lowest BCUT2D eigenvalue weighted by Gasteiger charge is -2.37. The molecule has 1 aliphatic rings. The van der Waals surface area contributed by atoms with E-state index in [0.29, 0.717) is 10.6 Å². The number of halogens is 2. The van der Waals surface area contributed by atoms with Crippen LogP contribution in [0, 0.1) is 11.7 Å². The molecule has 1 aromatic carbocycles. The first-order chi connectivity index (χ1) is 10.9. The third kappa shape index (κ3) is 4.43. The molecule has 2 unspecified atom stereocenters. The molecular formula is C17H24ClFN2O2. The smallest absolute Gasteiger partial charge is 0.239 e. The summed E-state index contributed by atoms with van der Waals surface area (Å²) in [4.78, 5) is 16.2. The monoisotopic (exact) mass is 342 g/mol. The molecule has 0 aromatic heterocycles. The second kappa shape index (κ2) is 8.08. The Bertz CT molecular complexity index is 535. The van der Waals surface area contributed by atoms with Crippen LogP contribution in [0.15, 0.2) is 18.2 Å². The highest BCUT2D eigenvalue weighted by atomic mass is 35.5. The van der Waals surface area contributed by atoms with E-state index in [2.05, 4.69) is 4.90 Å². The van der Waals surface area contributed by atoms with Crippen molar-refractivity contribution in [3.8, 4) is 0 Å². The summed E-state index contributed by atoms with van der Waals surface area (Å²) in [7, 11) is 1.66. The van der Waals surface area contributed by atoms with E-state index in [1.165, 1.54) is 11.0 Å². The molecule has 1 amide bonds. The summed E-state index contributed by atoms with van der Waals surface area (Å²) in [5, 5.41) is 9.65. The Balaban J connectivity index is 2.01. The van der Waals surface area contributed by atoms with Crippen LogP contribution in [0.25, 0.3) is 0 Å². The summed E-state index contributed by atoms with van der Waals surface area (Å²) in [6.45, 7) is 3.72. The highest BCUT2D eigenvalue weighted by molar-refractivity contribution is 6.31. The first-order valence-corrected chi connectivity index (χ1v) is 8.34. The molecule has 1 heterocycles. The molecule has 23 heavy (non-hydrogen) atoms. The van der Waals surface area contributed by atoms with Crippen LogP contribution in [0.3, 0.4) is 0 Å². The third-order valence-electron chi connectivity index (χ3n) is 4.55. The van der Waals surface area contributed by atoms with Crippen LogP contribution in [0.1, 0.15) is 25.3 Å². The zero-order chi connectivity index (χ0) is 17.0. The van der Waals surface area contributed by atoms with E-state index in [-0.39, 0.29) is 31.0 Å². The van der Waals surface area contributed by atoms with Gasteiger partial charge >= 0.3 is 0 Å². The van der Waals surface area contributed by atoms with Gasteiger partial charge in [-0.15, -0.1) is 0 Å². The van der Waals surface area contributed by atoms with Gasteiger partial charge < -0.3 is 10.0 Å². The Morgan fingerprint density at radius 2 is 2.30 bits per heavy atom. The van der Waals surface area contributed by atoms with Gasteiger partial charge in [-0.2, -0.15) is 0 Å². The van der Waals surface area contributed by atoms with Crippen molar-refractivity contribution >= 4 is 17.5 Å². The molecule has 2 rings (SSSR count). The van der Waals surface area contributed by atoms with Crippen molar-refractivity contribution in [2.45, 2.75) is 32.4 Å². The number of piperidine rings is 1. The predicted molar refractivity (Wildman–Crippen MR) is 88.7 cm³/mol. The van der Waals surface area contributed by atoms with Crippen molar-refractivity contribution in [3.63, 3.8) is 0 Å². The lowest BCUT2D eigenvalue weighted by molar-refractivity contribution is -0.136. The number of amides is 1.